The molecule has 0 amide bonds. The van der Waals surface area contributed by atoms with Gasteiger partial charge in [-0.15, -0.1) is 0 Å². The molecule has 1 aliphatic rings. The molecule has 1 N–H and O–H groups in total. The van der Waals surface area contributed by atoms with Crippen LogP contribution in [0.2, 0.25) is 0 Å². The fourth-order valence-corrected chi connectivity index (χ4v) is 2.02. The van der Waals surface area contributed by atoms with Crippen LogP contribution in [-0.2, 0) is 6.42 Å². The lowest BCUT2D eigenvalue weighted by Gasteiger charge is -2.26. The zero-order valence-corrected chi connectivity index (χ0v) is 9.63. The van der Waals surface area contributed by atoms with Gasteiger partial charge in [-0.25, -0.2) is 9.97 Å². The van der Waals surface area contributed by atoms with Gasteiger partial charge in [-0.1, -0.05) is 30.3 Å². The van der Waals surface area contributed by atoms with Crippen LogP contribution in [0.1, 0.15) is 5.82 Å². The van der Waals surface area contributed by atoms with Gasteiger partial charge in [0, 0.05) is 18.2 Å². The van der Waals surface area contributed by atoms with E-state index in [0.29, 0.717) is 5.92 Å². The quantitative estimate of drug-likeness (QED) is 0.867. The molecular weight excluding hydrogens is 210 g/mol. The second-order valence-electron chi connectivity index (χ2n) is 4.45. The normalized spacial score (nSPS) is 15.5. The predicted octanol–water partition coefficient (Wildman–Crippen LogP) is 1.91. The Morgan fingerprint density at radius 1 is 1.12 bits per heavy atom. The lowest BCUT2D eigenvalue weighted by molar-refractivity contribution is 0.341. The summed E-state index contributed by atoms with van der Waals surface area (Å²) >= 11 is 0. The second kappa shape index (κ2) is 4.63. The second-order valence-corrected chi connectivity index (χ2v) is 4.45. The molecule has 0 unspecified atom stereocenters. The Hall–Kier alpha value is -1.74. The summed E-state index contributed by atoms with van der Waals surface area (Å²) in [6.45, 7) is 2.19. The first kappa shape index (κ1) is 10.4. The Morgan fingerprint density at radius 2 is 1.94 bits per heavy atom. The Labute approximate surface area is 101 Å². The first-order valence-electron chi connectivity index (χ1n) is 6.00. The molecule has 2 aromatic rings. The molecule has 0 saturated carbocycles. The third kappa shape index (κ3) is 2.34. The summed E-state index contributed by atoms with van der Waals surface area (Å²) in [4.78, 5) is 8.97. The average molecular weight is 225 g/mol. The van der Waals surface area contributed by atoms with Gasteiger partial charge in [0.15, 0.2) is 0 Å². The molecule has 0 aliphatic carbocycles. The van der Waals surface area contributed by atoms with Crippen LogP contribution in [0.5, 0.6) is 0 Å². The molecule has 3 heteroatoms. The number of hydrogen-bond donors (Lipinski definition) is 1. The molecule has 0 radical (unpaired) electrons. The van der Waals surface area contributed by atoms with Crippen molar-refractivity contribution in [2.24, 2.45) is 5.92 Å². The zero-order valence-electron chi connectivity index (χ0n) is 9.63. The van der Waals surface area contributed by atoms with Gasteiger partial charge in [-0.05, 0) is 25.1 Å². The highest BCUT2D eigenvalue weighted by molar-refractivity contribution is 5.58. The van der Waals surface area contributed by atoms with Gasteiger partial charge in [0.25, 0.3) is 0 Å². The summed E-state index contributed by atoms with van der Waals surface area (Å²) in [6.07, 6.45) is 2.84. The van der Waals surface area contributed by atoms with Crippen molar-refractivity contribution in [1.29, 1.82) is 0 Å². The highest BCUT2D eigenvalue weighted by Crippen LogP contribution is 2.17. The van der Waals surface area contributed by atoms with Crippen molar-refractivity contribution in [1.82, 2.24) is 15.3 Å². The highest BCUT2D eigenvalue weighted by atomic mass is 15.0. The van der Waals surface area contributed by atoms with Gasteiger partial charge in [0.05, 0.1) is 5.69 Å². The monoisotopic (exact) mass is 225 g/mol. The highest BCUT2D eigenvalue weighted by Gasteiger charge is 2.18. The Balaban J connectivity index is 1.83. The van der Waals surface area contributed by atoms with E-state index in [0.717, 1.165) is 36.6 Å². The van der Waals surface area contributed by atoms with Crippen molar-refractivity contribution in [3.05, 3.63) is 48.4 Å². The SMILES string of the molecule is c1ccc(-c2ccnc(CC3CNC3)n2)cc1. The van der Waals surface area contributed by atoms with Crippen molar-refractivity contribution >= 4 is 0 Å². The maximum absolute atomic E-state index is 4.63. The number of rotatable bonds is 3. The van der Waals surface area contributed by atoms with Crippen LogP contribution in [-0.4, -0.2) is 23.1 Å². The van der Waals surface area contributed by atoms with E-state index in [1.807, 2.05) is 30.5 Å². The maximum Gasteiger partial charge on any atom is 0.129 e. The summed E-state index contributed by atoms with van der Waals surface area (Å²) in [5.41, 5.74) is 2.17. The van der Waals surface area contributed by atoms with E-state index >= 15 is 0 Å². The van der Waals surface area contributed by atoms with Crippen molar-refractivity contribution in [3.63, 3.8) is 0 Å². The van der Waals surface area contributed by atoms with Crippen molar-refractivity contribution < 1.29 is 0 Å². The van der Waals surface area contributed by atoms with Crippen LogP contribution in [0.3, 0.4) is 0 Å². The lowest BCUT2D eigenvalue weighted by Crippen LogP contribution is -2.43. The molecule has 1 saturated heterocycles. The van der Waals surface area contributed by atoms with Gasteiger partial charge < -0.3 is 5.32 Å². The molecule has 1 aromatic carbocycles. The number of aromatic nitrogens is 2. The maximum atomic E-state index is 4.63. The van der Waals surface area contributed by atoms with E-state index < -0.39 is 0 Å². The third-order valence-electron chi connectivity index (χ3n) is 3.11. The van der Waals surface area contributed by atoms with E-state index in [9.17, 15) is 0 Å². The third-order valence-corrected chi connectivity index (χ3v) is 3.11. The molecule has 86 valence electrons. The summed E-state index contributed by atoms with van der Waals surface area (Å²) in [6, 6.07) is 12.2. The molecule has 1 fully saturated rings. The fraction of sp³-hybridized carbons (Fsp3) is 0.286. The van der Waals surface area contributed by atoms with Crippen molar-refractivity contribution in [2.75, 3.05) is 13.1 Å². The Morgan fingerprint density at radius 3 is 2.65 bits per heavy atom. The number of nitrogens with one attached hydrogen (secondary N) is 1. The molecule has 2 heterocycles. The van der Waals surface area contributed by atoms with Gasteiger partial charge in [-0.3, -0.25) is 0 Å². The van der Waals surface area contributed by atoms with E-state index in [1.165, 1.54) is 0 Å². The fourth-order valence-electron chi connectivity index (χ4n) is 2.02. The Kier molecular flexibility index (Phi) is 2.84. The molecule has 3 rings (SSSR count). The first-order chi connectivity index (χ1) is 8.42. The average Bonchev–Trinajstić information content (AvgIpc) is 2.35. The number of nitrogens with zero attached hydrogens (tertiary/aromatic N) is 2. The molecular formula is C14H15N3. The van der Waals surface area contributed by atoms with Crippen LogP contribution in [0.4, 0.5) is 0 Å². The van der Waals surface area contributed by atoms with Gasteiger partial charge >= 0.3 is 0 Å². The van der Waals surface area contributed by atoms with Gasteiger partial charge in [0.1, 0.15) is 5.82 Å². The minimum Gasteiger partial charge on any atom is -0.316 e. The minimum absolute atomic E-state index is 0.709. The zero-order chi connectivity index (χ0) is 11.5. The summed E-state index contributed by atoms with van der Waals surface area (Å²) in [7, 11) is 0. The van der Waals surface area contributed by atoms with Crippen LogP contribution >= 0.6 is 0 Å². The van der Waals surface area contributed by atoms with Gasteiger partial charge in [0.2, 0.25) is 0 Å². The topological polar surface area (TPSA) is 37.8 Å². The van der Waals surface area contributed by atoms with Crippen LogP contribution < -0.4 is 5.32 Å². The summed E-state index contributed by atoms with van der Waals surface area (Å²) < 4.78 is 0. The van der Waals surface area contributed by atoms with E-state index in [4.69, 9.17) is 0 Å². The molecule has 3 nitrogen and oxygen atoms in total. The minimum atomic E-state index is 0.709. The molecule has 0 bridgehead atoms. The molecule has 0 spiro atoms. The summed E-state index contributed by atoms with van der Waals surface area (Å²) in [5, 5.41) is 3.27. The van der Waals surface area contributed by atoms with E-state index in [2.05, 4.69) is 27.4 Å². The standard InChI is InChI=1S/C14H15N3/c1-2-4-12(5-3-1)13-6-7-16-14(17-13)8-11-9-15-10-11/h1-7,11,15H,8-10H2. The predicted molar refractivity (Wildman–Crippen MR) is 67.5 cm³/mol. The molecule has 17 heavy (non-hydrogen) atoms. The molecule has 1 aliphatic heterocycles. The lowest BCUT2D eigenvalue weighted by atomic mass is 9.99. The largest absolute Gasteiger partial charge is 0.316 e. The van der Waals surface area contributed by atoms with Crippen LogP contribution in [0.15, 0.2) is 42.6 Å². The molecule has 0 atom stereocenters. The first-order valence-corrected chi connectivity index (χ1v) is 6.00. The van der Waals surface area contributed by atoms with Crippen LogP contribution in [0, 0.1) is 5.92 Å². The van der Waals surface area contributed by atoms with Crippen molar-refractivity contribution in [3.8, 4) is 11.3 Å². The van der Waals surface area contributed by atoms with Crippen molar-refractivity contribution in [2.45, 2.75) is 6.42 Å². The smallest absolute Gasteiger partial charge is 0.129 e. The van der Waals surface area contributed by atoms with Crippen LogP contribution in [0.25, 0.3) is 11.3 Å². The van der Waals surface area contributed by atoms with Gasteiger partial charge in [-0.2, -0.15) is 0 Å². The van der Waals surface area contributed by atoms with E-state index in [1.54, 1.807) is 0 Å². The number of hydrogen-bond acceptors (Lipinski definition) is 3. The summed E-state index contributed by atoms with van der Waals surface area (Å²) in [5.74, 6) is 1.67. The molecule has 1 aromatic heterocycles. The Bertz CT molecular complexity index is 492. The van der Waals surface area contributed by atoms with E-state index in [-0.39, 0.29) is 0 Å². The number of benzene rings is 1.